The van der Waals surface area contributed by atoms with Crippen LogP contribution in [0.3, 0.4) is 0 Å². The number of likely N-dealkylation sites (tertiary alicyclic amines) is 1. The molecule has 0 aromatic heterocycles. The molecule has 2 aliphatic rings. The Bertz CT molecular complexity index is 992. The first kappa shape index (κ1) is 23.8. The van der Waals surface area contributed by atoms with Gasteiger partial charge in [0.15, 0.2) is 0 Å². The molecule has 1 saturated heterocycles. The van der Waals surface area contributed by atoms with Crippen LogP contribution in [0.1, 0.15) is 55.6 Å². The molecule has 0 saturated carbocycles. The third-order valence-corrected chi connectivity index (χ3v) is 6.80. The van der Waals surface area contributed by atoms with Crippen LogP contribution in [0.25, 0.3) is 11.1 Å². The number of ether oxygens (including phenoxy) is 1. The molecule has 2 aromatic rings. The molecular formula is C27H32N2O5. The van der Waals surface area contributed by atoms with Crippen LogP contribution in [-0.2, 0) is 14.3 Å². The standard InChI is InChI=1S/C27H32N2O5/c30-25(29-16-8-9-19(17-29)26(31)32)14-2-1-7-15-28-27(33)34-18-24-22-12-5-3-10-20(22)21-11-4-6-13-23(21)24/h3-6,10-13,19,24H,1-2,7-9,14-18H2,(H,28,33)(H,31,32)/t19-/m1/s1. The fourth-order valence-electron chi connectivity index (χ4n) is 4.98. The predicted octanol–water partition coefficient (Wildman–Crippen LogP) is 4.41. The summed E-state index contributed by atoms with van der Waals surface area (Å²) in [6, 6.07) is 16.5. The molecule has 0 radical (unpaired) electrons. The summed E-state index contributed by atoms with van der Waals surface area (Å²) < 4.78 is 5.53. The van der Waals surface area contributed by atoms with Crippen molar-refractivity contribution < 1.29 is 24.2 Å². The Balaban J connectivity index is 1.13. The number of carboxylic acids is 1. The first-order valence-corrected chi connectivity index (χ1v) is 12.1. The lowest BCUT2D eigenvalue weighted by molar-refractivity contribution is -0.145. The number of unbranched alkanes of at least 4 members (excludes halogenated alkanes) is 2. The summed E-state index contributed by atoms with van der Waals surface area (Å²) in [4.78, 5) is 37.4. The van der Waals surface area contributed by atoms with E-state index in [0.29, 0.717) is 39.1 Å². The number of aliphatic carboxylic acids is 1. The first-order valence-electron chi connectivity index (χ1n) is 12.1. The van der Waals surface area contributed by atoms with E-state index in [-0.39, 0.29) is 11.8 Å². The number of amides is 2. The number of hydrogen-bond donors (Lipinski definition) is 2. The van der Waals surface area contributed by atoms with Gasteiger partial charge in [0.05, 0.1) is 5.92 Å². The largest absolute Gasteiger partial charge is 0.481 e. The molecule has 0 spiro atoms. The predicted molar refractivity (Wildman–Crippen MR) is 128 cm³/mol. The van der Waals surface area contributed by atoms with Crippen molar-refractivity contribution in [3.05, 3.63) is 59.7 Å². The maximum absolute atomic E-state index is 12.3. The van der Waals surface area contributed by atoms with Gasteiger partial charge in [0.2, 0.25) is 5.91 Å². The number of hydrogen-bond acceptors (Lipinski definition) is 4. The van der Waals surface area contributed by atoms with Crippen molar-refractivity contribution in [3.8, 4) is 11.1 Å². The zero-order valence-electron chi connectivity index (χ0n) is 19.4. The first-order chi connectivity index (χ1) is 16.5. The van der Waals surface area contributed by atoms with Gasteiger partial charge in [0.1, 0.15) is 6.61 Å². The minimum absolute atomic E-state index is 0.0236. The number of nitrogens with one attached hydrogen (secondary N) is 1. The van der Waals surface area contributed by atoms with Gasteiger partial charge in [-0.2, -0.15) is 0 Å². The SMILES string of the molecule is O=C(NCCCCCC(=O)N1CCC[C@@H](C(=O)O)C1)OCC1c2ccccc2-c2ccccc21. The van der Waals surface area contributed by atoms with Crippen LogP contribution in [0.15, 0.2) is 48.5 Å². The number of rotatable bonds is 9. The molecule has 1 aliphatic carbocycles. The van der Waals surface area contributed by atoms with E-state index >= 15 is 0 Å². The van der Waals surface area contributed by atoms with Gasteiger partial charge >= 0.3 is 12.1 Å². The van der Waals surface area contributed by atoms with Crippen molar-refractivity contribution in [2.24, 2.45) is 5.92 Å². The summed E-state index contributed by atoms with van der Waals surface area (Å²) in [6.07, 6.45) is 3.66. The van der Waals surface area contributed by atoms with Crippen molar-refractivity contribution in [3.63, 3.8) is 0 Å². The van der Waals surface area contributed by atoms with Crippen molar-refractivity contribution in [2.45, 2.75) is 44.4 Å². The van der Waals surface area contributed by atoms with Crippen molar-refractivity contribution in [1.29, 1.82) is 0 Å². The smallest absolute Gasteiger partial charge is 0.407 e. The average Bonchev–Trinajstić information content (AvgIpc) is 3.18. The second-order valence-electron chi connectivity index (χ2n) is 9.08. The molecule has 0 unspecified atom stereocenters. The summed E-state index contributed by atoms with van der Waals surface area (Å²) in [5, 5.41) is 12.0. The Morgan fingerprint density at radius 2 is 1.65 bits per heavy atom. The number of carboxylic acid groups (broad SMARTS) is 1. The maximum Gasteiger partial charge on any atom is 0.407 e. The minimum Gasteiger partial charge on any atom is -0.481 e. The highest BCUT2D eigenvalue weighted by atomic mass is 16.5. The van der Waals surface area contributed by atoms with Crippen LogP contribution >= 0.6 is 0 Å². The molecule has 180 valence electrons. The lowest BCUT2D eigenvalue weighted by atomic mass is 9.98. The molecule has 7 heteroatoms. The highest BCUT2D eigenvalue weighted by Gasteiger charge is 2.29. The number of benzene rings is 2. The van der Waals surface area contributed by atoms with E-state index in [9.17, 15) is 14.4 Å². The van der Waals surface area contributed by atoms with Gasteiger partial charge in [-0.15, -0.1) is 0 Å². The number of fused-ring (bicyclic) bond motifs is 3. The molecule has 1 heterocycles. The highest BCUT2D eigenvalue weighted by Crippen LogP contribution is 2.44. The lowest BCUT2D eigenvalue weighted by Crippen LogP contribution is -2.42. The maximum atomic E-state index is 12.3. The Morgan fingerprint density at radius 1 is 0.971 bits per heavy atom. The molecule has 1 aliphatic heterocycles. The third kappa shape index (κ3) is 5.58. The molecule has 1 atom stereocenters. The summed E-state index contributed by atoms with van der Waals surface area (Å²) in [6.45, 7) is 1.75. The molecule has 2 N–H and O–H groups in total. The molecule has 2 amide bonds. The van der Waals surface area contributed by atoms with Gasteiger partial charge in [-0.25, -0.2) is 4.79 Å². The number of piperidine rings is 1. The van der Waals surface area contributed by atoms with Crippen LogP contribution in [0, 0.1) is 5.92 Å². The van der Waals surface area contributed by atoms with Gasteiger partial charge in [-0.1, -0.05) is 55.0 Å². The summed E-state index contributed by atoms with van der Waals surface area (Å²) in [5.74, 6) is -1.20. The fourth-order valence-corrected chi connectivity index (χ4v) is 4.98. The zero-order chi connectivity index (χ0) is 23.9. The van der Waals surface area contributed by atoms with E-state index in [4.69, 9.17) is 9.84 Å². The molecule has 0 bridgehead atoms. The average molecular weight is 465 g/mol. The highest BCUT2D eigenvalue weighted by molar-refractivity contribution is 5.79. The molecule has 2 aromatic carbocycles. The van der Waals surface area contributed by atoms with Crippen LogP contribution in [0.5, 0.6) is 0 Å². The number of nitrogens with zero attached hydrogens (tertiary/aromatic N) is 1. The Kier molecular flexibility index (Phi) is 7.83. The molecule has 1 fully saturated rings. The number of alkyl carbamates (subject to hydrolysis) is 1. The van der Waals surface area contributed by atoms with Crippen molar-refractivity contribution in [1.82, 2.24) is 10.2 Å². The van der Waals surface area contributed by atoms with E-state index in [1.165, 1.54) is 22.3 Å². The van der Waals surface area contributed by atoms with Gasteiger partial charge in [0.25, 0.3) is 0 Å². The van der Waals surface area contributed by atoms with Crippen LogP contribution in [0.4, 0.5) is 4.79 Å². The van der Waals surface area contributed by atoms with E-state index < -0.39 is 18.0 Å². The normalized spacial score (nSPS) is 17.1. The van der Waals surface area contributed by atoms with Gasteiger partial charge in [-0.05, 0) is 47.9 Å². The summed E-state index contributed by atoms with van der Waals surface area (Å²) in [7, 11) is 0. The van der Waals surface area contributed by atoms with E-state index in [2.05, 4.69) is 29.6 Å². The second kappa shape index (κ2) is 11.2. The van der Waals surface area contributed by atoms with Crippen molar-refractivity contribution in [2.75, 3.05) is 26.2 Å². The quantitative estimate of drug-likeness (QED) is 0.536. The fraction of sp³-hybridized carbons (Fsp3) is 0.444. The minimum atomic E-state index is -0.822. The monoisotopic (exact) mass is 464 g/mol. The van der Waals surface area contributed by atoms with E-state index in [1.807, 2.05) is 24.3 Å². The zero-order valence-corrected chi connectivity index (χ0v) is 19.4. The summed E-state index contributed by atoms with van der Waals surface area (Å²) >= 11 is 0. The topological polar surface area (TPSA) is 95.9 Å². The molecule has 34 heavy (non-hydrogen) atoms. The van der Waals surface area contributed by atoms with Crippen LogP contribution in [0.2, 0.25) is 0 Å². The van der Waals surface area contributed by atoms with E-state index in [0.717, 1.165) is 25.7 Å². The Morgan fingerprint density at radius 3 is 2.32 bits per heavy atom. The van der Waals surface area contributed by atoms with Crippen LogP contribution < -0.4 is 5.32 Å². The lowest BCUT2D eigenvalue weighted by Gasteiger charge is -2.30. The van der Waals surface area contributed by atoms with Gasteiger partial charge < -0.3 is 20.1 Å². The van der Waals surface area contributed by atoms with E-state index in [1.54, 1.807) is 4.90 Å². The second-order valence-corrected chi connectivity index (χ2v) is 9.08. The van der Waals surface area contributed by atoms with Crippen LogP contribution in [-0.4, -0.2) is 54.2 Å². The third-order valence-electron chi connectivity index (χ3n) is 6.80. The van der Waals surface area contributed by atoms with Gasteiger partial charge in [-0.3, -0.25) is 9.59 Å². The summed E-state index contributed by atoms with van der Waals surface area (Å²) in [5.41, 5.74) is 4.77. The number of carbonyl (C=O) groups excluding carboxylic acids is 2. The molecular weight excluding hydrogens is 432 g/mol. The van der Waals surface area contributed by atoms with Gasteiger partial charge in [0, 0.05) is 32.0 Å². The molecule has 4 rings (SSSR count). The van der Waals surface area contributed by atoms with Crippen molar-refractivity contribution >= 4 is 18.0 Å². The Labute approximate surface area is 200 Å². The Hall–Kier alpha value is -3.35. The molecule has 7 nitrogen and oxygen atoms in total. The number of carbonyl (C=O) groups is 3.